The van der Waals surface area contributed by atoms with E-state index in [0.29, 0.717) is 27.1 Å². The van der Waals surface area contributed by atoms with Crippen molar-refractivity contribution in [2.45, 2.75) is 19.8 Å². The number of rotatable bonds is 2. The Hall–Kier alpha value is -1.26. The van der Waals surface area contributed by atoms with Crippen molar-refractivity contribution in [2.75, 3.05) is 5.73 Å². The van der Waals surface area contributed by atoms with Crippen molar-refractivity contribution >= 4 is 28.9 Å². The summed E-state index contributed by atoms with van der Waals surface area (Å²) >= 11 is 12.0. The first-order valence-corrected chi connectivity index (χ1v) is 6.31. The number of anilines is 1. The molecule has 96 valence electrons. The van der Waals surface area contributed by atoms with Crippen LogP contribution in [0.3, 0.4) is 0 Å². The van der Waals surface area contributed by atoms with E-state index in [1.807, 2.05) is 20.9 Å². The maximum atomic E-state index is 6.02. The van der Waals surface area contributed by atoms with E-state index in [2.05, 4.69) is 10.1 Å². The second-order valence-corrected chi connectivity index (χ2v) is 5.26. The molecule has 0 saturated carbocycles. The first kappa shape index (κ1) is 13.2. The summed E-state index contributed by atoms with van der Waals surface area (Å²) in [4.78, 5) is 4.48. The van der Waals surface area contributed by atoms with Crippen molar-refractivity contribution in [3.05, 3.63) is 28.0 Å². The number of hydrogen-bond acceptors (Lipinski definition) is 3. The molecule has 0 amide bonds. The van der Waals surface area contributed by atoms with Crippen LogP contribution in [-0.4, -0.2) is 14.8 Å². The number of halogens is 2. The zero-order valence-electron chi connectivity index (χ0n) is 10.4. The van der Waals surface area contributed by atoms with Gasteiger partial charge in [-0.1, -0.05) is 37.0 Å². The van der Waals surface area contributed by atoms with Gasteiger partial charge in [0, 0.05) is 23.6 Å². The molecule has 2 aromatic rings. The van der Waals surface area contributed by atoms with Gasteiger partial charge in [-0.25, -0.2) is 9.67 Å². The third kappa shape index (κ3) is 2.31. The fraction of sp³-hybridized carbons (Fsp3) is 0.333. The molecular weight excluding hydrogens is 271 g/mol. The molecule has 0 radical (unpaired) electrons. The summed E-state index contributed by atoms with van der Waals surface area (Å²) in [7, 11) is 1.82. The van der Waals surface area contributed by atoms with Gasteiger partial charge >= 0.3 is 0 Å². The normalized spacial score (nSPS) is 11.2. The van der Waals surface area contributed by atoms with Crippen LogP contribution in [0.5, 0.6) is 0 Å². The van der Waals surface area contributed by atoms with Crippen molar-refractivity contribution in [2.24, 2.45) is 7.05 Å². The minimum atomic E-state index is 0.251. The molecule has 2 N–H and O–H groups in total. The highest BCUT2D eigenvalue weighted by atomic mass is 35.5. The summed E-state index contributed by atoms with van der Waals surface area (Å²) in [6.07, 6.45) is 0. The van der Waals surface area contributed by atoms with E-state index in [-0.39, 0.29) is 5.92 Å². The number of nitrogens with zero attached hydrogens (tertiary/aromatic N) is 3. The summed E-state index contributed by atoms with van der Waals surface area (Å²) in [5.41, 5.74) is 7.13. The monoisotopic (exact) mass is 284 g/mol. The molecule has 6 heteroatoms. The van der Waals surface area contributed by atoms with Crippen molar-refractivity contribution in [1.82, 2.24) is 14.8 Å². The molecule has 0 atom stereocenters. The predicted octanol–water partition coefficient (Wildman–Crippen LogP) is 3.49. The minimum Gasteiger partial charge on any atom is -0.397 e. The summed E-state index contributed by atoms with van der Waals surface area (Å²) < 4.78 is 1.69. The van der Waals surface area contributed by atoms with Crippen LogP contribution in [0, 0.1) is 0 Å². The summed E-state index contributed by atoms with van der Waals surface area (Å²) in [6, 6.07) is 3.36. The summed E-state index contributed by atoms with van der Waals surface area (Å²) in [5.74, 6) is 1.68. The first-order chi connectivity index (χ1) is 8.40. The van der Waals surface area contributed by atoms with Gasteiger partial charge in [0.1, 0.15) is 0 Å². The number of benzene rings is 1. The molecule has 0 bridgehead atoms. The second kappa shape index (κ2) is 4.78. The lowest BCUT2D eigenvalue weighted by Crippen LogP contribution is -1.99. The zero-order chi connectivity index (χ0) is 13.4. The van der Waals surface area contributed by atoms with Crippen molar-refractivity contribution in [3.8, 4) is 11.4 Å². The first-order valence-electron chi connectivity index (χ1n) is 5.56. The van der Waals surface area contributed by atoms with Gasteiger partial charge in [0.05, 0.1) is 10.7 Å². The predicted molar refractivity (Wildman–Crippen MR) is 75.0 cm³/mol. The third-order valence-electron chi connectivity index (χ3n) is 2.63. The highest BCUT2D eigenvalue weighted by Gasteiger charge is 2.16. The van der Waals surface area contributed by atoms with Crippen LogP contribution in [-0.2, 0) is 7.05 Å². The Bertz CT molecular complexity index is 590. The minimum absolute atomic E-state index is 0.251. The Labute approximate surface area is 116 Å². The van der Waals surface area contributed by atoms with E-state index in [0.717, 1.165) is 5.82 Å². The van der Waals surface area contributed by atoms with E-state index in [4.69, 9.17) is 28.9 Å². The quantitative estimate of drug-likeness (QED) is 0.859. The SMILES string of the molecule is CC(C)c1nc(-c2cc(Cl)cc(Cl)c2N)n(C)n1. The molecule has 0 aliphatic carbocycles. The molecule has 18 heavy (non-hydrogen) atoms. The van der Waals surface area contributed by atoms with Gasteiger partial charge in [-0.15, -0.1) is 0 Å². The fourth-order valence-electron chi connectivity index (χ4n) is 1.65. The fourth-order valence-corrected chi connectivity index (χ4v) is 2.15. The van der Waals surface area contributed by atoms with E-state index in [9.17, 15) is 0 Å². The van der Waals surface area contributed by atoms with Crippen LogP contribution in [0.4, 0.5) is 5.69 Å². The summed E-state index contributed by atoms with van der Waals surface area (Å²) in [6.45, 7) is 4.07. The second-order valence-electron chi connectivity index (χ2n) is 4.42. The molecule has 0 unspecified atom stereocenters. The molecule has 0 aliphatic heterocycles. The van der Waals surface area contributed by atoms with E-state index in [1.165, 1.54) is 0 Å². The van der Waals surface area contributed by atoms with Crippen molar-refractivity contribution < 1.29 is 0 Å². The van der Waals surface area contributed by atoms with Crippen molar-refractivity contribution in [3.63, 3.8) is 0 Å². The Morgan fingerprint density at radius 3 is 2.50 bits per heavy atom. The number of nitrogen functional groups attached to an aromatic ring is 1. The lowest BCUT2D eigenvalue weighted by molar-refractivity contribution is 0.712. The van der Waals surface area contributed by atoms with Crippen LogP contribution in [0.15, 0.2) is 12.1 Å². The highest BCUT2D eigenvalue weighted by molar-refractivity contribution is 6.37. The van der Waals surface area contributed by atoms with E-state index < -0.39 is 0 Å². The lowest BCUT2D eigenvalue weighted by atomic mass is 10.1. The lowest BCUT2D eigenvalue weighted by Gasteiger charge is -2.07. The Balaban J connectivity index is 2.62. The molecular formula is C12H14Cl2N4. The number of hydrogen-bond donors (Lipinski definition) is 1. The topological polar surface area (TPSA) is 56.7 Å². The van der Waals surface area contributed by atoms with E-state index >= 15 is 0 Å². The van der Waals surface area contributed by atoms with Gasteiger partial charge in [-0.3, -0.25) is 0 Å². The van der Waals surface area contributed by atoms with Gasteiger partial charge < -0.3 is 5.73 Å². The number of aromatic nitrogens is 3. The van der Waals surface area contributed by atoms with Gasteiger partial charge in [0.2, 0.25) is 0 Å². The van der Waals surface area contributed by atoms with Crippen LogP contribution in [0.2, 0.25) is 10.0 Å². The Morgan fingerprint density at radius 1 is 1.28 bits per heavy atom. The van der Waals surface area contributed by atoms with E-state index in [1.54, 1.807) is 16.8 Å². The molecule has 1 aromatic heterocycles. The molecule has 1 heterocycles. The standard InChI is InChI=1S/C12H14Cl2N4/c1-6(2)11-16-12(18(3)17-11)8-4-7(13)5-9(14)10(8)15/h4-6H,15H2,1-3H3. The highest BCUT2D eigenvalue weighted by Crippen LogP contribution is 2.34. The molecule has 0 saturated heterocycles. The van der Waals surface area contributed by atoms with Gasteiger partial charge in [0.25, 0.3) is 0 Å². The van der Waals surface area contributed by atoms with Gasteiger partial charge in [0.15, 0.2) is 11.6 Å². The third-order valence-corrected chi connectivity index (χ3v) is 3.16. The average molecular weight is 285 g/mol. The molecule has 1 aromatic carbocycles. The molecule has 4 nitrogen and oxygen atoms in total. The number of aryl methyl sites for hydroxylation is 1. The maximum Gasteiger partial charge on any atom is 0.160 e. The molecule has 2 rings (SSSR count). The molecule has 0 aliphatic rings. The largest absolute Gasteiger partial charge is 0.397 e. The van der Waals surface area contributed by atoms with Crippen LogP contribution in [0.25, 0.3) is 11.4 Å². The maximum absolute atomic E-state index is 6.02. The number of nitrogens with two attached hydrogens (primary N) is 1. The van der Waals surface area contributed by atoms with Crippen LogP contribution < -0.4 is 5.73 Å². The van der Waals surface area contributed by atoms with Crippen molar-refractivity contribution in [1.29, 1.82) is 0 Å². The summed E-state index contributed by atoms with van der Waals surface area (Å²) in [5, 5.41) is 5.30. The average Bonchev–Trinajstić information content (AvgIpc) is 2.66. The Kier molecular flexibility index (Phi) is 3.50. The van der Waals surface area contributed by atoms with Crippen LogP contribution in [0.1, 0.15) is 25.6 Å². The Morgan fingerprint density at radius 2 is 1.94 bits per heavy atom. The smallest absolute Gasteiger partial charge is 0.160 e. The zero-order valence-corrected chi connectivity index (χ0v) is 11.9. The van der Waals surface area contributed by atoms with Gasteiger partial charge in [-0.05, 0) is 12.1 Å². The van der Waals surface area contributed by atoms with Crippen LogP contribution >= 0.6 is 23.2 Å². The molecule has 0 fully saturated rings. The van der Waals surface area contributed by atoms with Gasteiger partial charge in [-0.2, -0.15) is 5.10 Å². The molecule has 0 spiro atoms.